The second kappa shape index (κ2) is 6.50. The molecule has 0 bridgehead atoms. The summed E-state index contributed by atoms with van der Waals surface area (Å²) >= 11 is 5.77. The van der Waals surface area contributed by atoms with Crippen molar-refractivity contribution in [3.8, 4) is 5.75 Å². The summed E-state index contributed by atoms with van der Waals surface area (Å²) in [6.07, 6.45) is -0.241. The zero-order valence-electron chi connectivity index (χ0n) is 10.3. The smallest absolute Gasteiger partial charge is 0.312 e. The lowest BCUT2D eigenvalue weighted by Gasteiger charge is -2.20. The van der Waals surface area contributed by atoms with Crippen molar-refractivity contribution in [1.29, 1.82) is 0 Å². The Kier molecular flexibility index (Phi) is 5.29. The van der Waals surface area contributed by atoms with Crippen LogP contribution in [0.15, 0.2) is 24.3 Å². The molecule has 17 heavy (non-hydrogen) atoms. The molecule has 0 aliphatic rings. The van der Waals surface area contributed by atoms with Crippen molar-refractivity contribution in [3.63, 3.8) is 0 Å². The lowest BCUT2D eigenvalue weighted by molar-refractivity contribution is -0.150. The van der Waals surface area contributed by atoms with E-state index < -0.39 is 0 Å². The van der Waals surface area contributed by atoms with Gasteiger partial charge in [0.15, 0.2) is 0 Å². The molecule has 0 heterocycles. The Balaban J connectivity index is 2.56. The van der Waals surface area contributed by atoms with E-state index in [4.69, 9.17) is 21.1 Å². The van der Waals surface area contributed by atoms with Crippen LogP contribution >= 0.6 is 11.6 Å². The number of carbonyl (C=O) groups is 1. The van der Waals surface area contributed by atoms with Crippen molar-refractivity contribution in [2.75, 3.05) is 6.61 Å². The molecule has 4 heteroatoms. The first kappa shape index (κ1) is 13.8. The van der Waals surface area contributed by atoms with Gasteiger partial charge < -0.3 is 9.47 Å². The highest BCUT2D eigenvalue weighted by molar-refractivity contribution is 6.30. The van der Waals surface area contributed by atoms with E-state index in [1.165, 1.54) is 0 Å². The lowest BCUT2D eigenvalue weighted by Crippen LogP contribution is -2.29. The number of hydrogen-bond acceptors (Lipinski definition) is 3. The van der Waals surface area contributed by atoms with Crippen LogP contribution < -0.4 is 4.74 Å². The molecule has 0 amide bonds. The minimum Gasteiger partial charge on any atom is -0.490 e. The molecule has 0 saturated carbocycles. The summed E-state index contributed by atoms with van der Waals surface area (Å²) < 4.78 is 10.6. The molecule has 94 valence electrons. The molecule has 1 aromatic rings. The van der Waals surface area contributed by atoms with Crippen LogP contribution in [-0.2, 0) is 9.53 Å². The van der Waals surface area contributed by atoms with Gasteiger partial charge in [-0.1, -0.05) is 11.6 Å². The summed E-state index contributed by atoms with van der Waals surface area (Å²) in [5.41, 5.74) is 0. The summed E-state index contributed by atoms with van der Waals surface area (Å²) in [5.74, 6) is 0.151. The fraction of sp³-hybridized carbons (Fsp3) is 0.462. The van der Waals surface area contributed by atoms with Gasteiger partial charge >= 0.3 is 5.97 Å². The van der Waals surface area contributed by atoms with Gasteiger partial charge in [0.2, 0.25) is 0 Å². The maximum Gasteiger partial charge on any atom is 0.312 e. The fourth-order valence-electron chi connectivity index (χ4n) is 1.30. The van der Waals surface area contributed by atoms with Crippen LogP contribution in [0.4, 0.5) is 0 Å². The van der Waals surface area contributed by atoms with Gasteiger partial charge in [-0.3, -0.25) is 4.79 Å². The third-order valence-corrected chi connectivity index (χ3v) is 2.75. The Morgan fingerprint density at radius 2 is 1.88 bits per heavy atom. The van der Waals surface area contributed by atoms with E-state index in [0.29, 0.717) is 17.4 Å². The molecular formula is C13H17ClO3. The van der Waals surface area contributed by atoms with Gasteiger partial charge in [0, 0.05) is 5.02 Å². The molecule has 0 aliphatic heterocycles. The highest BCUT2D eigenvalue weighted by Crippen LogP contribution is 2.19. The minimum absolute atomic E-state index is 0.241. The highest BCUT2D eigenvalue weighted by atomic mass is 35.5. The molecular weight excluding hydrogens is 240 g/mol. The molecule has 2 atom stereocenters. The zero-order valence-corrected chi connectivity index (χ0v) is 11.0. The predicted octanol–water partition coefficient (Wildman–Crippen LogP) is 3.31. The number of rotatable bonds is 5. The van der Waals surface area contributed by atoms with Crippen molar-refractivity contribution in [2.24, 2.45) is 5.92 Å². The molecule has 0 radical (unpaired) electrons. The van der Waals surface area contributed by atoms with Gasteiger partial charge in [0.25, 0.3) is 0 Å². The van der Waals surface area contributed by atoms with Gasteiger partial charge in [0.05, 0.1) is 12.5 Å². The first-order valence-electron chi connectivity index (χ1n) is 5.63. The molecule has 3 nitrogen and oxygen atoms in total. The SMILES string of the molecule is CCOC(=O)C(C)C(C)Oc1ccc(Cl)cc1. The summed E-state index contributed by atoms with van der Waals surface area (Å²) in [6, 6.07) is 7.05. The van der Waals surface area contributed by atoms with E-state index in [9.17, 15) is 4.79 Å². The summed E-state index contributed by atoms with van der Waals surface area (Å²) in [5, 5.41) is 0.656. The summed E-state index contributed by atoms with van der Waals surface area (Å²) in [4.78, 5) is 11.5. The van der Waals surface area contributed by atoms with E-state index in [0.717, 1.165) is 0 Å². The lowest BCUT2D eigenvalue weighted by atomic mass is 10.1. The fourth-order valence-corrected chi connectivity index (χ4v) is 1.42. The second-order valence-electron chi connectivity index (χ2n) is 3.82. The van der Waals surface area contributed by atoms with Crippen molar-refractivity contribution in [2.45, 2.75) is 26.9 Å². The third kappa shape index (κ3) is 4.27. The van der Waals surface area contributed by atoms with Crippen LogP contribution in [0.2, 0.25) is 5.02 Å². The van der Waals surface area contributed by atoms with Crippen LogP contribution in [0.5, 0.6) is 5.75 Å². The van der Waals surface area contributed by atoms with E-state index in [1.807, 2.05) is 6.92 Å². The van der Waals surface area contributed by atoms with Crippen LogP contribution in [0.25, 0.3) is 0 Å². The monoisotopic (exact) mass is 256 g/mol. The van der Waals surface area contributed by atoms with Crippen molar-refractivity contribution < 1.29 is 14.3 Å². The van der Waals surface area contributed by atoms with Crippen molar-refractivity contribution >= 4 is 17.6 Å². The first-order valence-corrected chi connectivity index (χ1v) is 6.01. The standard InChI is InChI=1S/C13H17ClO3/c1-4-16-13(15)9(2)10(3)17-12-7-5-11(14)6-8-12/h5-10H,4H2,1-3H3. The van der Waals surface area contributed by atoms with Crippen molar-refractivity contribution in [1.82, 2.24) is 0 Å². The first-order chi connectivity index (χ1) is 8.04. The highest BCUT2D eigenvalue weighted by Gasteiger charge is 2.22. The van der Waals surface area contributed by atoms with Gasteiger partial charge in [-0.15, -0.1) is 0 Å². The largest absolute Gasteiger partial charge is 0.490 e. The number of esters is 1. The number of carbonyl (C=O) groups excluding carboxylic acids is 1. The predicted molar refractivity (Wildman–Crippen MR) is 67.3 cm³/mol. The second-order valence-corrected chi connectivity index (χ2v) is 4.25. The number of hydrogen-bond donors (Lipinski definition) is 0. The normalized spacial score (nSPS) is 13.9. The van der Waals surface area contributed by atoms with Gasteiger partial charge in [-0.05, 0) is 45.0 Å². The molecule has 2 unspecified atom stereocenters. The van der Waals surface area contributed by atoms with Gasteiger partial charge in [0.1, 0.15) is 11.9 Å². The Labute approximate surface area is 107 Å². The molecule has 1 aromatic carbocycles. The molecule has 0 N–H and O–H groups in total. The van der Waals surface area contributed by atoms with Crippen LogP contribution in [0.3, 0.4) is 0 Å². The summed E-state index contributed by atoms with van der Waals surface area (Å²) in [7, 11) is 0. The quantitative estimate of drug-likeness (QED) is 0.759. The molecule has 0 aromatic heterocycles. The van der Waals surface area contributed by atoms with E-state index in [2.05, 4.69) is 0 Å². The van der Waals surface area contributed by atoms with Crippen LogP contribution in [0.1, 0.15) is 20.8 Å². The Morgan fingerprint density at radius 3 is 2.41 bits per heavy atom. The van der Waals surface area contributed by atoms with Crippen LogP contribution in [0, 0.1) is 5.92 Å². The summed E-state index contributed by atoms with van der Waals surface area (Å²) in [6.45, 7) is 5.81. The average Bonchev–Trinajstić information content (AvgIpc) is 2.31. The number of benzene rings is 1. The molecule has 0 aliphatic carbocycles. The third-order valence-electron chi connectivity index (χ3n) is 2.50. The minimum atomic E-state index is -0.300. The Morgan fingerprint density at radius 1 is 1.29 bits per heavy atom. The van der Waals surface area contributed by atoms with Gasteiger partial charge in [-0.2, -0.15) is 0 Å². The average molecular weight is 257 g/mol. The molecule has 0 fully saturated rings. The maximum absolute atomic E-state index is 11.5. The number of ether oxygens (including phenoxy) is 2. The Bertz CT molecular complexity index is 361. The van der Waals surface area contributed by atoms with Crippen molar-refractivity contribution in [3.05, 3.63) is 29.3 Å². The topological polar surface area (TPSA) is 35.5 Å². The van der Waals surface area contributed by atoms with E-state index in [-0.39, 0.29) is 18.0 Å². The molecule has 0 saturated heterocycles. The molecule has 0 spiro atoms. The maximum atomic E-state index is 11.5. The Hall–Kier alpha value is -1.22. The zero-order chi connectivity index (χ0) is 12.8. The van der Waals surface area contributed by atoms with Crippen LogP contribution in [-0.4, -0.2) is 18.7 Å². The number of halogens is 1. The van der Waals surface area contributed by atoms with Gasteiger partial charge in [-0.25, -0.2) is 0 Å². The van der Waals surface area contributed by atoms with E-state index >= 15 is 0 Å². The van der Waals surface area contributed by atoms with E-state index in [1.54, 1.807) is 38.1 Å². The molecule has 1 rings (SSSR count).